The second-order valence-electron chi connectivity index (χ2n) is 3.80. The number of hydrogen-bond donors (Lipinski definition) is 2. The summed E-state index contributed by atoms with van der Waals surface area (Å²) in [7, 11) is 1.56. The number of thioether (sulfide) groups is 1. The maximum Gasteiger partial charge on any atom is 0.319 e. The number of methoxy groups -OCH3 is 1. The van der Waals surface area contributed by atoms with Gasteiger partial charge < -0.3 is 15.4 Å². The molecular formula is C12H17FN2O2S. The lowest BCUT2D eigenvalue weighted by Gasteiger charge is -2.13. The fourth-order valence-electron chi connectivity index (χ4n) is 1.43. The standard InChI is InChI=1S/C12H17FN2O2S/c1-8(7-17-2)14-12(16)15-9-4-5-11(18-3)10(13)6-9/h4-6,8H,7H2,1-3H3,(H2,14,15,16). The molecule has 0 spiro atoms. The molecule has 1 aromatic rings. The van der Waals surface area contributed by atoms with E-state index < -0.39 is 0 Å². The number of amides is 2. The first-order valence-corrected chi connectivity index (χ1v) is 6.69. The van der Waals surface area contributed by atoms with Gasteiger partial charge in [0.25, 0.3) is 0 Å². The number of carbonyl (C=O) groups excluding carboxylic acids is 1. The fourth-order valence-corrected chi connectivity index (χ4v) is 1.88. The second-order valence-corrected chi connectivity index (χ2v) is 4.65. The number of rotatable bonds is 5. The largest absolute Gasteiger partial charge is 0.383 e. The molecule has 1 atom stereocenters. The molecule has 100 valence electrons. The summed E-state index contributed by atoms with van der Waals surface area (Å²) in [5.41, 5.74) is 0.424. The van der Waals surface area contributed by atoms with E-state index in [4.69, 9.17) is 4.74 Å². The van der Waals surface area contributed by atoms with Gasteiger partial charge >= 0.3 is 6.03 Å². The van der Waals surface area contributed by atoms with E-state index in [1.807, 2.05) is 6.92 Å². The minimum Gasteiger partial charge on any atom is -0.383 e. The van der Waals surface area contributed by atoms with Gasteiger partial charge in [-0.25, -0.2) is 9.18 Å². The Balaban J connectivity index is 2.57. The zero-order valence-electron chi connectivity index (χ0n) is 10.6. The first-order chi connectivity index (χ1) is 8.56. The molecule has 0 aliphatic heterocycles. The maximum atomic E-state index is 13.5. The molecule has 0 aromatic heterocycles. The average Bonchev–Trinajstić information content (AvgIpc) is 2.29. The monoisotopic (exact) mass is 272 g/mol. The third-order valence-corrected chi connectivity index (χ3v) is 2.97. The number of carbonyl (C=O) groups is 1. The lowest BCUT2D eigenvalue weighted by Crippen LogP contribution is -2.38. The van der Waals surface area contributed by atoms with Gasteiger partial charge in [0.1, 0.15) is 5.82 Å². The van der Waals surface area contributed by atoms with Gasteiger partial charge in [0.05, 0.1) is 12.6 Å². The molecule has 1 aromatic carbocycles. The summed E-state index contributed by atoms with van der Waals surface area (Å²) in [4.78, 5) is 12.1. The van der Waals surface area contributed by atoms with Crippen molar-refractivity contribution >= 4 is 23.5 Å². The third kappa shape index (κ3) is 4.54. The summed E-state index contributed by atoms with van der Waals surface area (Å²) in [5, 5.41) is 5.24. The molecule has 6 heteroatoms. The van der Waals surface area contributed by atoms with Gasteiger partial charge in [-0.15, -0.1) is 11.8 Å². The van der Waals surface area contributed by atoms with E-state index in [0.29, 0.717) is 17.2 Å². The summed E-state index contributed by atoms with van der Waals surface area (Å²) in [6.45, 7) is 2.24. The zero-order valence-corrected chi connectivity index (χ0v) is 11.4. The van der Waals surface area contributed by atoms with Gasteiger partial charge in [-0.2, -0.15) is 0 Å². The molecule has 0 heterocycles. The van der Waals surface area contributed by atoms with Crippen LogP contribution < -0.4 is 10.6 Å². The van der Waals surface area contributed by atoms with E-state index in [-0.39, 0.29) is 17.9 Å². The molecule has 2 amide bonds. The molecule has 0 fully saturated rings. The van der Waals surface area contributed by atoms with Crippen LogP contribution in [0.2, 0.25) is 0 Å². The quantitative estimate of drug-likeness (QED) is 0.810. The van der Waals surface area contributed by atoms with Crippen LogP contribution in [0.5, 0.6) is 0 Å². The lowest BCUT2D eigenvalue weighted by molar-refractivity contribution is 0.173. The van der Waals surface area contributed by atoms with E-state index in [0.717, 1.165) is 0 Å². The predicted molar refractivity (Wildman–Crippen MR) is 71.7 cm³/mol. The van der Waals surface area contributed by atoms with Crippen LogP contribution in [-0.4, -0.2) is 32.0 Å². The Morgan fingerprint density at radius 1 is 1.56 bits per heavy atom. The molecule has 0 aliphatic rings. The molecule has 0 aliphatic carbocycles. The molecule has 0 radical (unpaired) electrons. The Hall–Kier alpha value is -1.27. The van der Waals surface area contributed by atoms with Crippen molar-refractivity contribution in [3.8, 4) is 0 Å². The van der Waals surface area contributed by atoms with Crippen molar-refractivity contribution < 1.29 is 13.9 Å². The third-order valence-electron chi connectivity index (χ3n) is 2.20. The van der Waals surface area contributed by atoms with Crippen molar-refractivity contribution in [1.29, 1.82) is 0 Å². The fraction of sp³-hybridized carbons (Fsp3) is 0.417. The molecule has 1 rings (SSSR count). The van der Waals surface area contributed by atoms with Crippen LogP contribution in [0.25, 0.3) is 0 Å². The minimum atomic E-state index is -0.379. The molecular weight excluding hydrogens is 255 g/mol. The lowest BCUT2D eigenvalue weighted by atomic mass is 10.3. The number of urea groups is 1. The molecule has 1 unspecified atom stereocenters. The van der Waals surface area contributed by atoms with Crippen LogP contribution in [0.3, 0.4) is 0 Å². The number of anilines is 1. The van der Waals surface area contributed by atoms with Crippen LogP contribution in [0.15, 0.2) is 23.1 Å². The molecule has 0 bridgehead atoms. The van der Waals surface area contributed by atoms with Crippen molar-refractivity contribution in [1.82, 2.24) is 5.32 Å². The van der Waals surface area contributed by atoms with Crippen molar-refractivity contribution in [3.63, 3.8) is 0 Å². The van der Waals surface area contributed by atoms with Gasteiger partial charge in [0.15, 0.2) is 0 Å². The van der Waals surface area contributed by atoms with E-state index in [1.165, 1.54) is 17.8 Å². The van der Waals surface area contributed by atoms with E-state index >= 15 is 0 Å². The Morgan fingerprint density at radius 2 is 2.28 bits per heavy atom. The normalized spacial score (nSPS) is 12.0. The van der Waals surface area contributed by atoms with Crippen molar-refractivity contribution in [2.45, 2.75) is 17.9 Å². The molecule has 2 N–H and O–H groups in total. The van der Waals surface area contributed by atoms with Crippen molar-refractivity contribution in [2.75, 3.05) is 25.3 Å². The first kappa shape index (κ1) is 14.8. The van der Waals surface area contributed by atoms with Crippen LogP contribution in [-0.2, 0) is 4.74 Å². The highest BCUT2D eigenvalue weighted by molar-refractivity contribution is 7.98. The van der Waals surface area contributed by atoms with E-state index in [9.17, 15) is 9.18 Å². The molecule has 0 saturated heterocycles. The van der Waals surface area contributed by atoms with Gasteiger partial charge in [0, 0.05) is 17.7 Å². The molecule has 0 saturated carbocycles. The van der Waals surface area contributed by atoms with Crippen LogP contribution in [0, 0.1) is 5.82 Å². The SMILES string of the molecule is COCC(C)NC(=O)Nc1ccc(SC)c(F)c1. The van der Waals surface area contributed by atoms with E-state index in [2.05, 4.69) is 10.6 Å². The maximum absolute atomic E-state index is 13.5. The number of nitrogens with one attached hydrogen (secondary N) is 2. The van der Waals surface area contributed by atoms with Crippen LogP contribution in [0.1, 0.15) is 6.92 Å². The summed E-state index contributed by atoms with van der Waals surface area (Å²) in [6, 6.07) is 4.11. The highest BCUT2D eigenvalue weighted by Gasteiger charge is 2.08. The van der Waals surface area contributed by atoms with E-state index in [1.54, 1.807) is 25.5 Å². The van der Waals surface area contributed by atoms with Crippen LogP contribution >= 0.6 is 11.8 Å². The Labute approximate surface area is 110 Å². The number of hydrogen-bond acceptors (Lipinski definition) is 3. The summed E-state index contributed by atoms with van der Waals surface area (Å²) in [6.07, 6.45) is 1.80. The Bertz CT molecular complexity index is 415. The summed E-state index contributed by atoms with van der Waals surface area (Å²) >= 11 is 1.32. The predicted octanol–water partition coefficient (Wildman–Crippen LogP) is 2.70. The topological polar surface area (TPSA) is 50.4 Å². The highest BCUT2D eigenvalue weighted by Crippen LogP contribution is 2.22. The second kappa shape index (κ2) is 7.23. The van der Waals surface area contributed by atoms with Crippen LogP contribution in [0.4, 0.5) is 14.9 Å². The molecule has 18 heavy (non-hydrogen) atoms. The van der Waals surface area contributed by atoms with Gasteiger partial charge in [-0.1, -0.05) is 0 Å². The highest BCUT2D eigenvalue weighted by atomic mass is 32.2. The summed E-state index contributed by atoms with van der Waals surface area (Å²) < 4.78 is 18.4. The number of ether oxygens (including phenoxy) is 1. The van der Waals surface area contributed by atoms with Crippen molar-refractivity contribution in [3.05, 3.63) is 24.0 Å². The number of halogens is 1. The molecule has 4 nitrogen and oxygen atoms in total. The first-order valence-electron chi connectivity index (χ1n) is 5.46. The zero-order chi connectivity index (χ0) is 13.5. The van der Waals surface area contributed by atoms with Crippen molar-refractivity contribution in [2.24, 2.45) is 0 Å². The average molecular weight is 272 g/mol. The smallest absolute Gasteiger partial charge is 0.319 e. The summed E-state index contributed by atoms with van der Waals surface area (Å²) in [5.74, 6) is -0.342. The van der Waals surface area contributed by atoms with Gasteiger partial charge in [-0.3, -0.25) is 0 Å². The Morgan fingerprint density at radius 3 is 2.83 bits per heavy atom. The Kier molecular flexibility index (Phi) is 5.94. The number of benzene rings is 1. The van der Waals surface area contributed by atoms with Gasteiger partial charge in [0.2, 0.25) is 0 Å². The minimum absolute atomic E-state index is 0.106. The van der Waals surface area contributed by atoms with Gasteiger partial charge in [-0.05, 0) is 31.4 Å².